The van der Waals surface area contributed by atoms with E-state index in [9.17, 15) is 26.7 Å². The molecule has 1 atom stereocenters. The number of ether oxygens (including phenoxy) is 1. The second-order valence-corrected chi connectivity index (χ2v) is 4.57. The summed E-state index contributed by atoms with van der Waals surface area (Å²) in [4.78, 5) is 12.4. The number of likely N-dealkylation sites (N-methyl/N-ethyl adjacent to an activating group) is 1. The first-order chi connectivity index (χ1) is 10.6. The molecule has 0 radical (unpaired) electrons. The summed E-state index contributed by atoms with van der Waals surface area (Å²) < 4.78 is 65.8. The average molecular weight is 342 g/mol. The lowest BCUT2D eigenvalue weighted by atomic mass is 10.3. The van der Waals surface area contributed by atoms with Crippen molar-refractivity contribution in [3.8, 4) is 5.75 Å². The Labute approximate surface area is 128 Å². The molecule has 0 fully saturated rings. The van der Waals surface area contributed by atoms with Crippen molar-refractivity contribution in [2.24, 2.45) is 0 Å². The van der Waals surface area contributed by atoms with Gasteiger partial charge in [0, 0.05) is 7.05 Å². The standard InChI is InChI=1S/C13H15F5N2O3/c1-20(6-10(21)13(16,17)18)12(22)19-8-4-2-3-5-9(8)23-7-11(14)15/h2-5,10-11,21H,6-7H2,1H3,(H,19,22). The maximum atomic E-state index is 12.2. The van der Waals surface area contributed by atoms with Crippen molar-refractivity contribution in [3.63, 3.8) is 0 Å². The minimum Gasteiger partial charge on any atom is -0.485 e. The van der Waals surface area contributed by atoms with E-state index in [0.29, 0.717) is 4.90 Å². The number of para-hydroxylation sites is 2. The Morgan fingerprint density at radius 1 is 1.35 bits per heavy atom. The van der Waals surface area contributed by atoms with Crippen LogP contribution in [0.15, 0.2) is 24.3 Å². The third-order valence-corrected chi connectivity index (χ3v) is 2.66. The number of benzene rings is 1. The highest BCUT2D eigenvalue weighted by atomic mass is 19.4. The Kier molecular flexibility index (Phi) is 6.55. The molecule has 0 heterocycles. The van der Waals surface area contributed by atoms with Gasteiger partial charge in [-0.1, -0.05) is 12.1 Å². The number of rotatable bonds is 6. The maximum Gasteiger partial charge on any atom is 0.416 e. The van der Waals surface area contributed by atoms with E-state index in [4.69, 9.17) is 9.84 Å². The van der Waals surface area contributed by atoms with Gasteiger partial charge in [0.1, 0.15) is 12.4 Å². The Morgan fingerprint density at radius 2 is 1.96 bits per heavy atom. The minimum atomic E-state index is -4.85. The van der Waals surface area contributed by atoms with E-state index >= 15 is 0 Å². The smallest absolute Gasteiger partial charge is 0.416 e. The van der Waals surface area contributed by atoms with Crippen molar-refractivity contribution in [1.82, 2.24) is 4.90 Å². The lowest BCUT2D eigenvalue weighted by molar-refractivity contribution is -0.205. The van der Waals surface area contributed by atoms with Gasteiger partial charge < -0.3 is 20.1 Å². The molecule has 1 aromatic rings. The van der Waals surface area contributed by atoms with Crippen molar-refractivity contribution >= 4 is 11.7 Å². The minimum absolute atomic E-state index is 0.0199. The van der Waals surface area contributed by atoms with Gasteiger partial charge in [0.15, 0.2) is 6.10 Å². The van der Waals surface area contributed by atoms with Crippen LogP contribution in [-0.4, -0.2) is 54.9 Å². The van der Waals surface area contributed by atoms with Gasteiger partial charge in [0.05, 0.1) is 12.2 Å². The van der Waals surface area contributed by atoms with Crippen molar-refractivity contribution in [2.75, 3.05) is 25.5 Å². The molecule has 2 N–H and O–H groups in total. The summed E-state index contributed by atoms with van der Waals surface area (Å²) in [6.07, 6.45) is -10.3. The van der Waals surface area contributed by atoms with E-state index in [-0.39, 0.29) is 11.4 Å². The van der Waals surface area contributed by atoms with Crippen LogP contribution < -0.4 is 10.1 Å². The van der Waals surface area contributed by atoms with Gasteiger partial charge in [0.2, 0.25) is 0 Å². The van der Waals surface area contributed by atoms with E-state index in [0.717, 1.165) is 7.05 Å². The predicted molar refractivity (Wildman–Crippen MR) is 71.7 cm³/mol. The summed E-state index contributed by atoms with van der Waals surface area (Å²) in [5, 5.41) is 11.1. The van der Waals surface area contributed by atoms with Crippen LogP contribution in [0, 0.1) is 0 Å². The van der Waals surface area contributed by atoms with Crippen molar-refractivity contribution < 1.29 is 36.6 Å². The molecule has 2 amide bonds. The first-order valence-corrected chi connectivity index (χ1v) is 6.38. The molecule has 0 aliphatic carbocycles. The van der Waals surface area contributed by atoms with Crippen molar-refractivity contribution in [3.05, 3.63) is 24.3 Å². The topological polar surface area (TPSA) is 61.8 Å². The summed E-state index contributed by atoms with van der Waals surface area (Å²) in [6, 6.07) is 4.67. The van der Waals surface area contributed by atoms with Gasteiger partial charge in [0.25, 0.3) is 6.43 Å². The number of amides is 2. The summed E-state index contributed by atoms with van der Waals surface area (Å²) in [5.74, 6) is -0.0501. The van der Waals surface area contributed by atoms with Crippen LogP contribution >= 0.6 is 0 Å². The average Bonchev–Trinajstić information content (AvgIpc) is 2.45. The number of nitrogens with one attached hydrogen (secondary N) is 1. The number of nitrogens with zero attached hydrogens (tertiary/aromatic N) is 1. The zero-order chi connectivity index (χ0) is 17.6. The van der Waals surface area contributed by atoms with Crippen LogP contribution in [0.1, 0.15) is 0 Å². The quantitative estimate of drug-likeness (QED) is 0.782. The Hall–Kier alpha value is -2.10. The largest absolute Gasteiger partial charge is 0.485 e. The molecular formula is C13H15F5N2O3. The molecular weight excluding hydrogens is 327 g/mol. The van der Waals surface area contributed by atoms with Crippen LogP contribution in [0.3, 0.4) is 0 Å². The van der Waals surface area contributed by atoms with Gasteiger partial charge in [-0.3, -0.25) is 0 Å². The SMILES string of the molecule is CN(CC(O)C(F)(F)F)C(=O)Nc1ccccc1OCC(F)F. The number of hydrogen-bond donors (Lipinski definition) is 2. The number of aliphatic hydroxyl groups is 1. The fourth-order valence-corrected chi connectivity index (χ4v) is 1.51. The van der Waals surface area contributed by atoms with Gasteiger partial charge in [-0.15, -0.1) is 0 Å². The number of urea groups is 1. The zero-order valence-electron chi connectivity index (χ0n) is 12.0. The second-order valence-electron chi connectivity index (χ2n) is 4.57. The van der Waals surface area contributed by atoms with E-state index in [2.05, 4.69) is 5.32 Å². The molecule has 0 bridgehead atoms. The van der Waals surface area contributed by atoms with E-state index < -0.39 is 37.9 Å². The van der Waals surface area contributed by atoms with Crippen LogP contribution in [0.4, 0.5) is 32.4 Å². The highest BCUT2D eigenvalue weighted by molar-refractivity contribution is 5.90. The first-order valence-electron chi connectivity index (χ1n) is 6.38. The third-order valence-electron chi connectivity index (χ3n) is 2.66. The van der Waals surface area contributed by atoms with Crippen LogP contribution in [0.5, 0.6) is 5.75 Å². The molecule has 1 rings (SSSR count). The highest BCUT2D eigenvalue weighted by Crippen LogP contribution is 2.25. The number of anilines is 1. The fourth-order valence-electron chi connectivity index (χ4n) is 1.51. The van der Waals surface area contributed by atoms with Crippen molar-refractivity contribution in [2.45, 2.75) is 18.7 Å². The zero-order valence-corrected chi connectivity index (χ0v) is 12.0. The van der Waals surface area contributed by atoms with Gasteiger partial charge >= 0.3 is 12.2 Å². The van der Waals surface area contributed by atoms with Gasteiger partial charge in [-0.2, -0.15) is 13.2 Å². The fraction of sp³-hybridized carbons (Fsp3) is 0.462. The summed E-state index contributed by atoms with van der Waals surface area (Å²) in [6.45, 7) is -1.87. The first kappa shape index (κ1) is 18.9. The molecule has 0 aliphatic rings. The number of aliphatic hydroxyl groups excluding tert-OH is 1. The van der Waals surface area contributed by atoms with Crippen LogP contribution in [0.2, 0.25) is 0 Å². The molecule has 0 spiro atoms. The Balaban J connectivity index is 2.70. The number of hydrogen-bond acceptors (Lipinski definition) is 3. The molecule has 0 aromatic heterocycles. The van der Waals surface area contributed by atoms with Crippen LogP contribution in [-0.2, 0) is 0 Å². The third kappa shape index (κ3) is 6.27. The van der Waals surface area contributed by atoms with Crippen LogP contribution in [0.25, 0.3) is 0 Å². The number of alkyl halides is 5. The lowest BCUT2D eigenvalue weighted by Crippen LogP contribution is -2.43. The maximum absolute atomic E-state index is 12.2. The Bertz CT molecular complexity index is 525. The molecule has 0 aliphatic heterocycles. The normalized spacial score (nSPS) is 12.9. The number of carbonyl (C=O) groups excluding carboxylic acids is 1. The summed E-state index contributed by atoms with van der Waals surface area (Å²) in [5.41, 5.74) is 0.0199. The summed E-state index contributed by atoms with van der Waals surface area (Å²) >= 11 is 0. The predicted octanol–water partition coefficient (Wildman–Crippen LogP) is 2.72. The highest BCUT2D eigenvalue weighted by Gasteiger charge is 2.39. The van der Waals surface area contributed by atoms with Gasteiger partial charge in [-0.25, -0.2) is 13.6 Å². The molecule has 0 saturated heterocycles. The molecule has 5 nitrogen and oxygen atoms in total. The lowest BCUT2D eigenvalue weighted by Gasteiger charge is -2.23. The Morgan fingerprint density at radius 3 is 2.52 bits per heavy atom. The van der Waals surface area contributed by atoms with Gasteiger partial charge in [-0.05, 0) is 12.1 Å². The number of carbonyl (C=O) groups is 1. The molecule has 10 heteroatoms. The number of halogens is 5. The molecule has 130 valence electrons. The monoisotopic (exact) mass is 342 g/mol. The summed E-state index contributed by atoms with van der Waals surface area (Å²) in [7, 11) is 1.05. The van der Waals surface area contributed by atoms with Crippen molar-refractivity contribution in [1.29, 1.82) is 0 Å². The second kappa shape index (κ2) is 7.95. The molecule has 0 saturated carbocycles. The van der Waals surface area contributed by atoms with E-state index in [1.54, 1.807) is 0 Å². The van der Waals surface area contributed by atoms with E-state index in [1.807, 2.05) is 0 Å². The van der Waals surface area contributed by atoms with E-state index in [1.165, 1.54) is 24.3 Å². The molecule has 1 aromatic carbocycles. The molecule has 23 heavy (non-hydrogen) atoms. The molecule has 1 unspecified atom stereocenters.